The van der Waals surface area contributed by atoms with E-state index in [4.69, 9.17) is 69.6 Å². The van der Waals surface area contributed by atoms with Gasteiger partial charge >= 0.3 is 0 Å². The van der Waals surface area contributed by atoms with Crippen LogP contribution in [0.2, 0.25) is 0 Å². The number of hydrogen-bond donors (Lipinski definition) is 0. The fourth-order valence-corrected chi connectivity index (χ4v) is 1.92. The highest BCUT2D eigenvalue weighted by Crippen LogP contribution is 2.40. The summed E-state index contributed by atoms with van der Waals surface area (Å²) in [4.78, 5) is 15.4. The molecule has 22 heavy (non-hydrogen) atoms. The molecular weight excluding hydrogens is 422 g/mol. The summed E-state index contributed by atoms with van der Waals surface area (Å²) in [5, 5.41) is 0. The first-order valence-electron chi connectivity index (χ1n) is 5.41. The van der Waals surface area contributed by atoms with Crippen molar-refractivity contribution < 1.29 is 9.47 Å². The van der Waals surface area contributed by atoms with Gasteiger partial charge in [-0.25, -0.2) is 15.0 Å². The Kier molecular flexibility index (Phi) is 5.47. The Hall–Kier alpha value is -0.300. The van der Waals surface area contributed by atoms with E-state index in [9.17, 15) is 4.53 Å². The maximum atomic E-state index is 12.1. The van der Waals surface area contributed by atoms with Crippen LogP contribution in [0.1, 0.15) is 11.6 Å². The fraction of sp³-hybridized carbons (Fsp3) is 0.182. The molecular formula is C11H4Cl6FN3O. The molecule has 0 spiro atoms. The van der Waals surface area contributed by atoms with Crippen molar-refractivity contribution in [3.63, 3.8) is 0 Å². The van der Waals surface area contributed by atoms with Gasteiger partial charge < -0.3 is 0 Å². The lowest BCUT2D eigenvalue weighted by Crippen LogP contribution is -2.16. The number of aromatic nitrogens is 3. The molecule has 1 aromatic carbocycles. The molecule has 0 unspecified atom stereocenters. The Bertz CT molecular complexity index is 639. The summed E-state index contributed by atoms with van der Waals surface area (Å²) in [6, 6.07) is 5.66. The molecule has 0 N–H and O–H groups in total. The SMILES string of the molecule is FOc1ccc(-c2nc(C(Cl)(Cl)Cl)nc(C(Cl)(Cl)Cl)n2)cc1. The smallest absolute Gasteiger partial charge is 0.250 e. The molecule has 0 saturated carbocycles. The van der Waals surface area contributed by atoms with Crippen molar-refractivity contribution in [3.8, 4) is 17.1 Å². The van der Waals surface area contributed by atoms with Gasteiger partial charge in [-0.15, -0.1) is 0 Å². The van der Waals surface area contributed by atoms with Crippen molar-refractivity contribution in [3.05, 3.63) is 35.9 Å². The predicted octanol–water partition coefficient (Wildman–Crippen LogP) is 5.46. The summed E-state index contributed by atoms with van der Waals surface area (Å²) in [6.07, 6.45) is 0. The first-order valence-corrected chi connectivity index (χ1v) is 7.67. The Morgan fingerprint density at radius 1 is 0.773 bits per heavy atom. The van der Waals surface area contributed by atoms with Gasteiger partial charge in [0, 0.05) is 10.1 Å². The molecule has 0 fully saturated rings. The number of halogens is 7. The minimum absolute atomic E-state index is 0.000932. The summed E-state index contributed by atoms with van der Waals surface area (Å²) in [5.41, 5.74) is 0.453. The lowest BCUT2D eigenvalue weighted by molar-refractivity contribution is -0.00618. The Labute approximate surface area is 154 Å². The van der Waals surface area contributed by atoms with E-state index >= 15 is 0 Å². The summed E-state index contributed by atoms with van der Waals surface area (Å²) in [5.74, 6) is -0.339. The van der Waals surface area contributed by atoms with E-state index in [1.165, 1.54) is 24.3 Å². The first kappa shape index (κ1) is 18.0. The summed E-state index contributed by atoms with van der Waals surface area (Å²) >= 11 is 34.6. The summed E-state index contributed by atoms with van der Waals surface area (Å²) in [7, 11) is 0. The quantitative estimate of drug-likeness (QED) is 0.600. The molecule has 0 bridgehead atoms. The van der Waals surface area contributed by atoms with Crippen LogP contribution < -0.4 is 4.94 Å². The zero-order valence-corrected chi connectivity index (χ0v) is 14.7. The van der Waals surface area contributed by atoms with E-state index in [-0.39, 0.29) is 23.2 Å². The zero-order chi connectivity index (χ0) is 16.5. The van der Waals surface area contributed by atoms with Gasteiger partial charge in [-0.1, -0.05) is 69.6 Å². The lowest BCUT2D eigenvalue weighted by Gasteiger charge is -2.15. The molecule has 0 radical (unpaired) electrons. The highest BCUT2D eigenvalue weighted by molar-refractivity contribution is 6.67. The normalized spacial score (nSPS) is 12.3. The molecule has 4 nitrogen and oxygen atoms in total. The monoisotopic (exact) mass is 423 g/mol. The molecule has 0 aliphatic rings. The van der Waals surface area contributed by atoms with Crippen molar-refractivity contribution in [1.82, 2.24) is 15.0 Å². The van der Waals surface area contributed by atoms with Crippen molar-refractivity contribution in [2.75, 3.05) is 0 Å². The number of benzene rings is 1. The van der Waals surface area contributed by atoms with Crippen LogP contribution in [0.5, 0.6) is 5.75 Å². The second-order valence-electron chi connectivity index (χ2n) is 3.90. The van der Waals surface area contributed by atoms with E-state index in [0.29, 0.717) is 5.56 Å². The van der Waals surface area contributed by atoms with Gasteiger partial charge in [-0.2, -0.15) is 0 Å². The highest BCUT2D eigenvalue weighted by Gasteiger charge is 2.33. The van der Waals surface area contributed by atoms with Crippen molar-refractivity contribution in [2.24, 2.45) is 0 Å². The molecule has 1 heterocycles. The van der Waals surface area contributed by atoms with E-state index in [1.54, 1.807) is 0 Å². The second kappa shape index (κ2) is 6.67. The van der Waals surface area contributed by atoms with Crippen LogP contribution in [-0.4, -0.2) is 15.0 Å². The summed E-state index contributed by atoms with van der Waals surface area (Å²) in [6.45, 7) is 0. The average Bonchev–Trinajstić information content (AvgIpc) is 2.45. The number of alkyl halides is 6. The number of hydrogen-bond acceptors (Lipinski definition) is 4. The van der Waals surface area contributed by atoms with Crippen LogP contribution in [0.25, 0.3) is 11.4 Å². The first-order chi connectivity index (χ1) is 10.1. The Morgan fingerprint density at radius 3 is 1.59 bits per heavy atom. The highest BCUT2D eigenvalue weighted by atomic mass is 35.6. The third-order valence-corrected chi connectivity index (χ3v) is 3.36. The van der Waals surface area contributed by atoms with E-state index in [0.717, 1.165) is 0 Å². The number of rotatable bonds is 2. The third-order valence-electron chi connectivity index (χ3n) is 2.34. The van der Waals surface area contributed by atoms with Crippen LogP contribution in [0.4, 0.5) is 4.53 Å². The van der Waals surface area contributed by atoms with Gasteiger partial charge in [0.1, 0.15) is 0 Å². The molecule has 2 aromatic rings. The predicted molar refractivity (Wildman–Crippen MR) is 85.5 cm³/mol. The second-order valence-corrected chi connectivity index (χ2v) is 8.47. The van der Waals surface area contributed by atoms with E-state index in [1.807, 2.05) is 0 Å². The molecule has 0 aliphatic heterocycles. The molecule has 2 rings (SSSR count). The van der Waals surface area contributed by atoms with Crippen molar-refractivity contribution in [2.45, 2.75) is 7.59 Å². The molecule has 0 atom stereocenters. The molecule has 0 amide bonds. The lowest BCUT2D eigenvalue weighted by atomic mass is 10.2. The van der Waals surface area contributed by atoms with Gasteiger partial charge in [-0.3, -0.25) is 4.94 Å². The van der Waals surface area contributed by atoms with Crippen LogP contribution in [0.15, 0.2) is 24.3 Å². The largest absolute Gasteiger partial charge is 0.294 e. The maximum absolute atomic E-state index is 12.1. The molecule has 118 valence electrons. The molecule has 0 saturated heterocycles. The van der Waals surface area contributed by atoms with Gasteiger partial charge in [0.05, 0.1) is 0 Å². The van der Waals surface area contributed by atoms with Gasteiger partial charge in [0.2, 0.25) is 7.59 Å². The Balaban J connectivity index is 2.59. The molecule has 1 aromatic heterocycles. The maximum Gasteiger partial charge on any atom is 0.250 e. The minimum atomic E-state index is -1.94. The number of nitrogens with zero attached hydrogens (tertiary/aromatic N) is 3. The van der Waals surface area contributed by atoms with Gasteiger partial charge in [-0.05, 0) is 24.3 Å². The summed E-state index contributed by atoms with van der Waals surface area (Å²) < 4.78 is 8.17. The fourth-order valence-electron chi connectivity index (χ4n) is 1.41. The zero-order valence-electron chi connectivity index (χ0n) is 10.2. The average molecular weight is 426 g/mol. The Morgan fingerprint density at radius 2 is 1.23 bits per heavy atom. The van der Waals surface area contributed by atoms with Gasteiger partial charge in [0.25, 0.3) is 0 Å². The van der Waals surface area contributed by atoms with Crippen molar-refractivity contribution in [1.29, 1.82) is 0 Å². The van der Waals surface area contributed by atoms with Crippen LogP contribution in [0.3, 0.4) is 0 Å². The topological polar surface area (TPSA) is 47.9 Å². The standard InChI is InChI=1S/C11H4Cl6FN3O/c12-10(13,14)8-19-7(20-9(21-8)11(15,16)17)5-1-3-6(22-18)4-2-5/h1-4H. The minimum Gasteiger partial charge on any atom is -0.294 e. The van der Waals surface area contributed by atoms with Gasteiger partial charge in [0.15, 0.2) is 23.2 Å². The molecule has 11 heteroatoms. The van der Waals surface area contributed by atoms with Crippen LogP contribution in [0, 0.1) is 0 Å². The molecule has 0 aliphatic carbocycles. The van der Waals surface area contributed by atoms with Crippen molar-refractivity contribution >= 4 is 69.6 Å². The van der Waals surface area contributed by atoms with E-state index < -0.39 is 7.59 Å². The van der Waals surface area contributed by atoms with Crippen LogP contribution in [-0.2, 0) is 7.59 Å². The van der Waals surface area contributed by atoms with Crippen LogP contribution >= 0.6 is 69.6 Å². The van der Waals surface area contributed by atoms with E-state index in [2.05, 4.69) is 19.9 Å². The third kappa shape index (κ3) is 4.37.